The van der Waals surface area contributed by atoms with Gasteiger partial charge in [0, 0.05) is 19.4 Å². The van der Waals surface area contributed by atoms with Crippen LogP contribution in [0.25, 0.3) is 0 Å². The Morgan fingerprint density at radius 1 is 1.21 bits per heavy atom. The van der Waals surface area contributed by atoms with Gasteiger partial charge in [-0.3, -0.25) is 0 Å². The molecule has 4 rings (SSSR count). The van der Waals surface area contributed by atoms with Gasteiger partial charge in [-0.2, -0.15) is 0 Å². The molecule has 6 nitrogen and oxygen atoms in total. The lowest BCUT2D eigenvalue weighted by atomic mass is 10.1. The zero-order valence-corrected chi connectivity index (χ0v) is 14.5. The highest BCUT2D eigenvalue weighted by molar-refractivity contribution is 7.99. The largest absolute Gasteiger partial charge is 0.485 e. The second kappa shape index (κ2) is 7.03. The van der Waals surface area contributed by atoms with E-state index in [1.165, 1.54) is 12.8 Å². The van der Waals surface area contributed by atoms with Gasteiger partial charge in [0.05, 0.1) is 6.10 Å². The van der Waals surface area contributed by atoms with Gasteiger partial charge >= 0.3 is 0 Å². The van der Waals surface area contributed by atoms with Gasteiger partial charge in [-0.25, -0.2) is 0 Å². The number of thioether (sulfide) groups is 1. The van der Waals surface area contributed by atoms with E-state index < -0.39 is 0 Å². The summed E-state index contributed by atoms with van der Waals surface area (Å²) in [5.74, 6) is 3.23. The molecule has 1 aromatic carbocycles. The average molecular weight is 347 g/mol. The molecule has 2 unspecified atom stereocenters. The summed E-state index contributed by atoms with van der Waals surface area (Å²) in [6.07, 6.45) is 3.65. The van der Waals surface area contributed by atoms with Crippen LogP contribution in [0, 0.1) is 0 Å². The fraction of sp³-hybridized carbons (Fsp3) is 0.529. The van der Waals surface area contributed by atoms with Crippen LogP contribution < -0.4 is 9.47 Å². The minimum atomic E-state index is -0.238. The number of hydrogen-bond acceptors (Lipinski definition) is 6. The number of ether oxygens (including phenoxy) is 3. The van der Waals surface area contributed by atoms with Crippen molar-refractivity contribution in [2.24, 2.45) is 7.05 Å². The first-order valence-electron chi connectivity index (χ1n) is 8.33. The van der Waals surface area contributed by atoms with Crippen molar-refractivity contribution < 1.29 is 14.2 Å². The van der Waals surface area contributed by atoms with E-state index >= 15 is 0 Å². The van der Waals surface area contributed by atoms with Gasteiger partial charge in [-0.1, -0.05) is 23.9 Å². The van der Waals surface area contributed by atoms with E-state index in [9.17, 15) is 0 Å². The quantitative estimate of drug-likeness (QED) is 0.793. The third kappa shape index (κ3) is 3.23. The van der Waals surface area contributed by atoms with Crippen molar-refractivity contribution in [1.82, 2.24) is 14.8 Å². The molecule has 0 bridgehead atoms. The zero-order valence-electron chi connectivity index (χ0n) is 13.7. The third-order valence-corrected chi connectivity index (χ3v) is 5.49. The lowest BCUT2D eigenvalue weighted by Gasteiger charge is -2.25. The van der Waals surface area contributed by atoms with E-state index in [0.717, 1.165) is 41.3 Å². The maximum atomic E-state index is 6.02. The van der Waals surface area contributed by atoms with Crippen LogP contribution in [0.4, 0.5) is 0 Å². The molecule has 128 valence electrons. The summed E-state index contributed by atoms with van der Waals surface area (Å²) in [5.41, 5.74) is 0. The number of nitrogens with zero attached hydrogens (tertiary/aromatic N) is 3. The Morgan fingerprint density at radius 3 is 2.92 bits per heavy atom. The predicted molar refractivity (Wildman–Crippen MR) is 90.6 cm³/mol. The van der Waals surface area contributed by atoms with Crippen molar-refractivity contribution in [3.63, 3.8) is 0 Å². The summed E-state index contributed by atoms with van der Waals surface area (Å²) in [5, 5.41) is 9.53. The van der Waals surface area contributed by atoms with Gasteiger partial charge in [-0.15, -0.1) is 10.2 Å². The molecule has 0 saturated carbocycles. The number of hydrogen-bond donors (Lipinski definition) is 0. The Morgan fingerprint density at radius 2 is 2.08 bits per heavy atom. The van der Waals surface area contributed by atoms with Crippen LogP contribution in [-0.2, 0) is 11.8 Å². The molecular formula is C17H21N3O3S. The Bertz CT molecular complexity index is 700. The Hall–Kier alpha value is -1.73. The maximum absolute atomic E-state index is 6.02. The number of rotatable bonds is 4. The fourth-order valence-electron chi connectivity index (χ4n) is 2.99. The normalized spacial score (nSPS) is 23.2. The SMILES string of the molecule is Cn1c(SCC2CCCCO2)nnc1C1COc2ccccc2O1. The van der Waals surface area contributed by atoms with Gasteiger partial charge in [0.15, 0.2) is 28.6 Å². The molecule has 2 aliphatic rings. The number of para-hydroxylation sites is 2. The molecule has 0 N–H and O–H groups in total. The molecule has 2 atom stereocenters. The third-order valence-electron chi connectivity index (χ3n) is 4.34. The van der Waals surface area contributed by atoms with Gasteiger partial charge in [0.25, 0.3) is 0 Å². The summed E-state index contributed by atoms with van der Waals surface area (Å²) in [7, 11) is 1.98. The van der Waals surface area contributed by atoms with Crippen molar-refractivity contribution in [2.45, 2.75) is 36.6 Å². The van der Waals surface area contributed by atoms with Crippen LogP contribution in [0.1, 0.15) is 31.2 Å². The lowest BCUT2D eigenvalue weighted by molar-refractivity contribution is 0.0315. The lowest BCUT2D eigenvalue weighted by Crippen LogP contribution is -2.24. The van der Waals surface area contributed by atoms with Gasteiger partial charge in [0.1, 0.15) is 6.61 Å². The minimum Gasteiger partial charge on any atom is -0.485 e. The molecule has 0 amide bonds. The van der Waals surface area contributed by atoms with E-state index in [1.54, 1.807) is 11.8 Å². The Balaban J connectivity index is 1.42. The summed E-state index contributed by atoms with van der Waals surface area (Å²) in [6.45, 7) is 1.32. The van der Waals surface area contributed by atoms with Crippen molar-refractivity contribution in [3.05, 3.63) is 30.1 Å². The van der Waals surface area contributed by atoms with Crippen LogP contribution in [0.3, 0.4) is 0 Å². The fourth-order valence-corrected chi connectivity index (χ4v) is 3.97. The first-order valence-corrected chi connectivity index (χ1v) is 9.32. The summed E-state index contributed by atoms with van der Waals surface area (Å²) >= 11 is 1.69. The standard InChI is InChI=1S/C17H21N3O3S/c1-20-16(15-10-22-13-7-2-3-8-14(13)23-15)18-19-17(20)24-11-12-6-4-5-9-21-12/h2-3,7-8,12,15H,4-6,9-11H2,1H3. The molecule has 1 fully saturated rings. The molecule has 2 aliphatic heterocycles. The molecule has 7 heteroatoms. The van der Waals surface area contributed by atoms with Gasteiger partial charge < -0.3 is 18.8 Å². The summed E-state index contributed by atoms with van der Waals surface area (Å²) < 4.78 is 19.6. The highest BCUT2D eigenvalue weighted by Crippen LogP contribution is 2.35. The van der Waals surface area contributed by atoms with Gasteiger partial charge in [0.2, 0.25) is 0 Å². The van der Waals surface area contributed by atoms with Crippen LogP contribution >= 0.6 is 11.8 Å². The molecule has 0 radical (unpaired) electrons. The Labute approximate surface area is 145 Å². The number of aromatic nitrogens is 3. The smallest absolute Gasteiger partial charge is 0.192 e. The number of benzene rings is 1. The topological polar surface area (TPSA) is 58.4 Å². The zero-order chi connectivity index (χ0) is 16.4. The first kappa shape index (κ1) is 15.8. The monoisotopic (exact) mass is 347 g/mol. The molecule has 3 heterocycles. The van der Waals surface area contributed by atoms with Crippen molar-refractivity contribution >= 4 is 11.8 Å². The second-order valence-corrected chi connectivity index (χ2v) is 7.05. The van der Waals surface area contributed by atoms with Crippen LogP contribution in [-0.4, -0.2) is 39.8 Å². The molecule has 2 aromatic rings. The minimum absolute atomic E-state index is 0.238. The second-order valence-electron chi connectivity index (χ2n) is 6.06. The highest BCUT2D eigenvalue weighted by atomic mass is 32.2. The van der Waals surface area contributed by atoms with Gasteiger partial charge in [-0.05, 0) is 31.4 Å². The van der Waals surface area contributed by atoms with Crippen LogP contribution in [0.2, 0.25) is 0 Å². The number of fused-ring (bicyclic) bond motifs is 1. The van der Waals surface area contributed by atoms with Crippen LogP contribution in [0.15, 0.2) is 29.4 Å². The summed E-state index contributed by atoms with van der Waals surface area (Å²) in [4.78, 5) is 0. The Kier molecular flexibility index (Phi) is 4.62. The van der Waals surface area contributed by atoms with E-state index in [1.807, 2.05) is 35.9 Å². The van der Waals surface area contributed by atoms with E-state index in [-0.39, 0.29) is 6.10 Å². The van der Waals surface area contributed by atoms with Crippen LogP contribution in [0.5, 0.6) is 11.5 Å². The predicted octanol–water partition coefficient (Wildman–Crippen LogP) is 2.99. The molecular weight excluding hydrogens is 326 g/mol. The molecule has 0 aliphatic carbocycles. The first-order chi connectivity index (χ1) is 11.8. The maximum Gasteiger partial charge on any atom is 0.192 e. The molecule has 0 spiro atoms. The van der Waals surface area contributed by atoms with Crippen molar-refractivity contribution in [3.8, 4) is 11.5 Å². The van der Waals surface area contributed by atoms with Crippen molar-refractivity contribution in [2.75, 3.05) is 19.0 Å². The van der Waals surface area contributed by atoms with E-state index in [0.29, 0.717) is 12.7 Å². The van der Waals surface area contributed by atoms with Crippen molar-refractivity contribution in [1.29, 1.82) is 0 Å². The average Bonchev–Trinajstić information content (AvgIpc) is 3.01. The van der Waals surface area contributed by atoms with E-state index in [4.69, 9.17) is 14.2 Å². The molecule has 24 heavy (non-hydrogen) atoms. The highest BCUT2D eigenvalue weighted by Gasteiger charge is 2.27. The molecule has 1 saturated heterocycles. The summed E-state index contributed by atoms with van der Waals surface area (Å²) in [6, 6.07) is 7.70. The molecule has 1 aromatic heterocycles. The van der Waals surface area contributed by atoms with E-state index in [2.05, 4.69) is 10.2 Å².